The van der Waals surface area contributed by atoms with Crippen LogP contribution in [0.5, 0.6) is 0 Å². The number of esters is 1. The second-order valence-corrected chi connectivity index (χ2v) is 9.67. The molecule has 6 fully saturated rings. The van der Waals surface area contributed by atoms with Crippen LogP contribution in [-0.4, -0.2) is 48.6 Å². The van der Waals surface area contributed by atoms with Gasteiger partial charge in [-0.15, -0.1) is 0 Å². The summed E-state index contributed by atoms with van der Waals surface area (Å²) >= 11 is 0. The van der Waals surface area contributed by atoms with Gasteiger partial charge in [0.2, 0.25) is 0 Å². The number of aliphatic hydroxyl groups is 1. The molecule has 2 spiro atoms. The molecule has 1 N–H and O–H groups in total. The Kier molecular flexibility index (Phi) is 2.68. The number of ether oxygens (including phenoxy) is 3. The summed E-state index contributed by atoms with van der Waals surface area (Å²) in [7, 11) is 0. The van der Waals surface area contributed by atoms with Crippen LogP contribution in [0, 0.1) is 34.0 Å². The highest BCUT2D eigenvalue weighted by atomic mass is 16.7. The fourth-order valence-electron chi connectivity index (χ4n) is 7.75. The third kappa shape index (κ3) is 1.40. The lowest BCUT2D eigenvalue weighted by molar-refractivity contribution is -0.231. The third-order valence-electron chi connectivity index (χ3n) is 8.65. The number of aliphatic hydroxyl groups excluding tert-OH is 1. The number of cyclic esters (lactones) is 1. The van der Waals surface area contributed by atoms with Gasteiger partial charge >= 0.3 is 5.97 Å². The lowest BCUT2D eigenvalue weighted by Gasteiger charge is -2.59. The zero-order valence-corrected chi connectivity index (χ0v) is 14.9. The molecular formula is C20H24O6. The van der Waals surface area contributed by atoms with Gasteiger partial charge < -0.3 is 19.3 Å². The minimum absolute atomic E-state index is 0.0385. The van der Waals surface area contributed by atoms with Gasteiger partial charge in [-0.3, -0.25) is 9.59 Å². The zero-order chi connectivity index (χ0) is 18.1. The molecule has 3 aliphatic carbocycles. The third-order valence-corrected chi connectivity index (χ3v) is 8.65. The fourth-order valence-corrected chi connectivity index (χ4v) is 7.75. The standard InChI is InChI=1S/C20H24O6/c1-9-10-5-11(21)13-19(6-10,15(9)22)17(23)25-8-20(13)12-3-4-18(2)7-24-16(26-12)14(18)20/h10-14,16,21H,1,3-8H2,2H3/t10-,11-,12+,13-,14-,16-,18+,19+,20+/m1/s1. The van der Waals surface area contributed by atoms with Gasteiger partial charge in [0.25, 0.3) is 0 Å². The van der Waals surface area contributed by atoms with E-state index in [0.717, 1.165) is 12.8 Å². The molecule has 0 aromatic heterocycles. The van der Waals surface area contributed by atoms with E-state index in [4.69, 9.17) is 14.2 Å². The maximum absolute atomic E-state index is 13.2. The largest absolute Gasteiger partial charge is 0.464 e. The number of ketones is 1. The monoisotopic (exact) mass is 360 g/mol. The van der Waals surface area contributed by atoms with Crippen molar-refractivity contribution in [3.05, 3.63) is 12.2 Å². The Morgan fingerprint density at radius 3 is 2.85 bits per heavy atom. The Morgan fingerprint density at radius 2 is 2.04 bits per heavy atom. The fraction of sp³-hybridized carbons (Fsp3) is 0.800. The molecule has 140 valence electrons. The number of carbonyl (C=O) groups is 2. The van der Waals surface area contributed by atoms with E-state index in [1.165, 1.54) is 0 Å². The van der Waals surface area contributed by atoms with Crippen LogP contribution >= 0.6 is 0 Å². The van der Waals surface area contributed by atoms with Gasteiger partial charge in [-0.1, -0.05) is 13.5 Å². The van der Waals surface area contributed by atoms with E-state index in [-0.39, 0.29) is 42.0 Å². The van der Waals surface area contributed by atoms with E-state index in [0.29, 0.717) is 25.0 Å². The minimum Gasteiger partial charge on any atom is -0.464 e. The molecule has 6 heteroatoms. The van der Waals surface area contributed by atoms with Crippen molar-refractivity contribution in [3.63, 3.8) is 0 Å². The Morgan fingerprint density at radius 1 is 1.23 bits per heavy atom. The highest BCUT2D eigenvalue weighted by molar-refractivity contribution is 6.15. The van der Waals surface area contributed by atoms with Crippen molar-refractivity contribution in [1.82, 2.24) is 0 Å². The van der Waals surface area contributed by atoms with Crippen molar-refractivity contribution in [1.29, 1.82) is 0 Å². The molecular weight excluding hydrogens is 336 g/mol. The molecule has 0 aromatic rings. The summed E-state index contributed by atoms with van der Waals surface area (Å²) in [6, 6.07) is 0. The summed E-state index contributed by atoms with van der Waals surface area (Å²) < 4.78 is 18.0. The topological polar surface area (TPSA) is 82.1 Å². The molecule has 3 heterocycles. The van der Waals surface area contributed by atoms with Crippen LogP contribution in [0.2, 0.25) is 0 Å². The van der Waals surface area contributed by atoms with E-state index >= 15 is 0 Å². The van der Waals surface area contributed by atoms with Crippen LogP contribution in [0.1, 0.15) is 32.6 Å². The Bertz CT molecular complexity index is 761. The smallest absolute Gasteiger partial charge is 0.320 e. The maximum Gasteiger partial charge on any atom is 0.320 e. The maximum atomic E-state index is 13.2. The number of hydrogen-bond acceptors (Lipinski definition) is 6. The molecule has 0 aromatic carbocycles. The number of fused-ring (bicyclic) bond motifs is 1. The van der Waals surface area contributed by atoms with E-state index in [9.17, 15) is 14.7 Å². The molecule has 6 rings (SSSR count). The normalized spacial score (nSPS) is 59.7. The van der Waals surface area contributed by atoms with Crippen molar-refractivity contribution < 1.29 is 28.9 Å². The first-order chi connectivity index (χ1) is 12.3. The molecule has 0 unspecified atom stereocenters. The molecule has 0 radical (unpaired) electrons. The van der Waals surface area contributed by atoms with Crippen molar-refractivity contribution in [2.45, 2.75) is 51.1 Å². The number of hydrogen-bond donors (Lipinski definition) is 1. The van der Waals surface area contributed by atoms with E-state index < -0.39 is 28.8 Å². The van der Waals surface area contributed by atoms with Gasteiger partial charge in [0, 0.05) is 17.3 Å². The van der Waals surface area contributed by atoms with Crippen LogP contribution in [0.15, 0.2) is 12.2 Å². The first kappa shape index (κ1) is 15.8. The average molecular weight is 360 g/mol. The van der Waals surface area contributed by atoms with Crippen molar-refractivity contribution in [2.24, 2.45) is 34.0 Å². The SMILES string of the molecule is C=C1C(=O)[C@]23C[C@H]1C[C@@H](O)[C@H]2[C@]1(COC3=O)[C@@H]2CC[C@@]3(C)CO[C@H](O2)[C@H]31. The summed E-state index contributed by atoms with van der Waals surface area (Å²) in [6.07, 6.45) is 1.57. The molecule has 26 heavy (non-hydrogen) atoms. The number of allylic oxidation sites excluding steroid dienone is 1. The minimum atomic E-state index is -1.28. The van der Waals surface area contributed by atoms with Crippen molar-refractivity contribution >= 4 is 11.8 Å². The van der Waals surface area contributed by atoms with E-state index in [1.807, 2.05) is 0 Å². The van der Waals surface area contributed by atoms with Crippen LogP contribution < -0.4 is 0 Å². The molecule has 6 aliphatic rings. The molecule has 3 saturated heterocycles. The Labute approximate surface area is 151 Å². The summed E-state index contributed by atoms with van der Waals surface area (Å²) in [5.41, 5.74) is -1.42. The Balaban J connectivity index is 1.58. The number of Topliss-reactive ketones (excluding diaryl/α,β-unsaturated/α-hetero) is 1. The van der Waals surface area contributed by atoms with Gasteiger partial charge in [-0.2, -0.15) is 0 Å². The lowest BCUT2D eigenvalue weighted by Crippen LogP contribution is -2.68. The predicted molar refractivity (Wildman–Crippen MR) is 87.6 cm³/mol. The second kappa shape index (κ2) is 4.42. The van der Waals surface area contributed by atoms with Gasteiger partial charge in [0.05, 0.1) is 18.8 Å². The van der Waals surface area contributed by atoms with Gasteiger partial charge in [-0.25, -0.2) is 0 Å². The number of rotatable bonds is 0. The molecule has 0 amide bonds. The predicted octanol–water partition coefficient (Wildman–Crippen LogP) is 1.21. The van der Waals surface area contributed by atoms with Crippen LogP contribution in [0.3, 0.4) is 0 Å². The van der Waals surface area contributed by atoms with Crippen LogP contribution in [0.4, 0.5) is 0 Å². The highest BCUT2D eigenvalue weighted by Crippen LogP contribution is 2.72. The molecule has 3 aliphatic heterocycles. The van der Waals surface area contributed by atoms with E-state index in [2.05, 4.69) is 13.5 Å². The summed E-state index contributed by atoms with van der Waals surface area (Å²) in [6.45, 7) is 6.99. The quantitative estimate of drug-likeness (QED) is 0.397. The molecule has 3 saturated carbocycles. The van der Waals surface area contributed by atoms with Crippen LogP contribution in [0.25, 0.3) is 0 Å². The molecule has 4 bridgehead atoms. The lowest BCUT2D eigenvalue weighted by atomic mass is 9.44. The van der Waals surface area contributed by atoms with E-state index in [1.54, 1.807) is 0 Å². The zero-order valence-electron chi connectivity index (χ0n) is 14.9. The van der Waals surface area contributed by atoms with Gasteiger partial charge in [0.15, 0.2) is 12.1 Å². The first-order valence-corrected chi connectivity index (χ1v) is 9.70. The first-order valence-electron chi connectivity index (χ1n) is 9.70. The van der Waals surface area contributed by atoms with Crippen molar-refractivity contribution in [3.8, 4) is 0 Å². The van der Waals surface area contributed by atoms with Crippen LogP contribution in [-0.2, 0) is 23.8 Å². The summed E-state index contributed by atoms with van der Waals surface area (Å²) in [4.78, 5) is 26.2. The van der Waals surface area contributed by atoms with Gasteiger partial charge in [0.1, 0.15) is 12.0 Å². The average Bonchev–Trinajstić information content (AvgIpc) is 3.12. The summed E-state index contributed by atoms with van der Waals surface area (Å²) in [5, 5.41) is 11.2. The number of carbonyl (C=O) groups excluding carboxylic acids is 2. The van der Waals surface area contributed by atoms with Gasteiger partial charge in [-0.05, 0) is 42.6 Å². The highest BCUT2D eigenvalue weighted by Gasteiger charge is 2.80. The molecule has 6 nitrogen and oxygen atoms in total. The second-order valence-electron chi connectivity index (χ2n) is 9.67. The Hall–Kier alpha value is -1.24. The summed E-state index contributed by atoms with van der Waals surface area (Å²) in [5.74, 6) is -1.24. The van der Waals surface area contributed by atoms with Crippen molar-refractivity contribution in [2.75, 3.05) is 13.2 Å². The molecule has 9 atom stereocenters.